The Morgan fingerprint density at radius 1 is 1.19 bits per heavy atom. The van der Waals surface area contributed by atoms with E-state index >= 15 is 0 Å². The Kier molecular flexibility index (Phi) is 6.03. The first-order chi connectivity index (χ1) is 15.2. The molecule has 32 heavy (non-hydrogen) atoms. The van der Waals surface area contributed by atoms with Crippen molar-refractivity contribution in [2.24, 2.45) is 5.41 Å². The maximum absolute atomic E-state index is 11.7. The van der Waals surface area contributed by atoms with Gasteiger partial charge < -0.3 is 19.3 Å². The molecule has 1 N–H and O–H groups in total. The number of ether oxygens (including phenoxy) is 1. The number of aromatic nitrogens is 2. The van der Waals surface area contributed by atoms with Crippen LogP contribution in [0.4, 0.5) is 4.79 Å². The van der Waals surface area contributed by atoms with Crippen LogP contribution in [0.5, 0.6) is 5.75 Å². The van der Waals surface area contributed by atoms with E-state index < -0.39 is 6.09 Å². The highest BCUT2D eigenvalue weighted by atomic mass is 16.5. The van der Waals surface area contributed by atoms with Crippen molar-refractivity contribution in [1.82, 2.24) is 19.4 Å². The zero-order valence-electron chi connectivity index (χ0n) is 19.8. The number of pyridine rings is 1. The number of piperazine rings is 1. The summed E-state index contributed by atoms with van der Waals surface area (Å²) in [5, 5.41) is 12.1. The highest BCUT2D eigenvalue weighted by Crippen LogP contribution is 2.33. The lowest BCUT2D eigenvalue weighted by Gasteiger charge is -2.46. The summed E-state index contributed by atoms with van der Waals surface area (Å²) in [5.41, 5.74) is 3.28. The average molecular weight is 439 g/mol. The minimum atomic E-state index is -0.813. The summed E-state index contributed by atoms with van der Waals surface area (Å²) >= 11 is 0. The highest BCUT2D eigenvalue weighted by molar-refractivity contribution is 6.09. The van der Waals surface area contributed by atoms with Gasteiger partial charge in [0.05, 0.1) is 29.9 Å². The molecule has 1 saturated heterocycles. The van der Waals surface area contributed by atoms with E-state index in [4.69, 9.17) is 4.74 Å². The normalized spacial score (nSPS) is 17.9. The van der Waals surface area contributed by atoms with E-state index in [2.05, 4.69) is 60.3 Å². The second-order valence-electron chi connectivity index (χ2n) is 9.84. The van der Waals surface area contributed by atoms with E-state index in [0.717, 1.165) is 44.0 Å². The van der Waals surface area contributed by atoms with Crippen molar-refractivity contribution < 1.29 is 14.6 Å². The third kappa shape index (κ3) is 4.13. The Morgan fingerprint density at radius 3 is 2.66 bits per heavy atom. The van der Waals surface area contributed by atoms with Crippen molar-refractivity contribution >= 4 is 27.9 Å². The van der Waals surface area contributed by atoms with Gasteiger partial charge in [-0.3, -0.25) is 9.88 Å². The third-order valence-electron chi connectivity index (χ3n) is 6.73. The van der Waals surface area contributed by atoms with Gasteiger partial charge in [-0.05, 0) is 43.5 Å². The van der Waals surface area contributed by atoms with E-state index in [1.807, 2.05) is 12.3 Å². The second-order valence-corrected chi connectivity index (χ2v) is 9.84. The van der Waals surface area contributed by atoms with Crippen molar-refractivity contribution in [3.05, 3.63) is 36.2 Å². The van der Waals surface area contributed by atoms with Gasteiger partial charge in [0, 0.05) is 49.2 Å². The third-order valence-corrected chi connectivity index (χ3v) is 6.73. The summed E-state index contributed by atoms with van der Waals surface area (Å²) < 4.78 is 7.85. The Balaban J connectivity index is 1.55. The first-order valence-electron chi connectivity index (χ1n) is 11.3. The monoisotopic (exact) mass is 438 g/mol. The van der Waals surface area contributed by atoms with Gasteiger partial charge in [0.2, 0.25) is 0 Å². The Hall–Kier alpha value is -2.80. The molecular formula is C25H34N4O3. The summed E-state index contributed by atoms with van der Waals surface area (Å²) in [6.45, 7) is 12.4. The van der Waals surface area contributed by atoms with Crippen LogP contribution in [0.3, 0.4) is 0 Å². The van der Waals surface area contributed by atoms with Crippen molar-refractivity contribution in [2.45, 2.75) is 46.7 Å². The number of hydrogen-bond donors (Lipinski definition) is 1. The maximum atomic E-state index is 11.7. The predicted molar refractivity (Wildman–Crippen MR) is 128 cm³/mol. The minimum absolute atomic E-state index is 0.00213. The minimum Gasteiger partial charge on any atom is -0.497 e. The van der Waals surface area contributed by atoms with Gasteiger partial charge in [-0.1, -0.05) is 20.8 Å². The molecule has 7 nitrogen and oxygen atoms in total. The van der Waals surface area contributed by atoms with Gasteiger partial charge in [0.15, 0.2) is 0 Å². The summed E-state index contributed by atoms with van der Waals surface area (Å²) in [4.78, 5) is 20.3. The largest absolute Gasteiger partial charge is 0.497 e. The van der Waals surface area contributed by atoms with Gasteiger partial charge in [-0.15, -0.1) is 0 Å². The number of nitrogens with zero attached hydrogens (tertiary/aromatic N) is 4. The van der Waals surface area contributed by atoms with Crippen LogP contribution in [0.25, 0.3) is 21.8 Å². The maximum Gasteiger partial charge on any atom is 0.407 e. The molecule has 0 aliphatic carbocycles. The Labute approximate surface area is 189 Å². The predicted octanol–water partition coefficient (Wildman–Crippen LogP) is 4.61. The standard InChI is InChI=1S/C25H34N4O3/c1-17-23-20(9-10-26-17)19-8-7-18(32-5)15-21(19)28(23)12-6-11-27-13-14-29(24(30)31)22(16-27)25(2,3)4/h7-10,15,22H,6,11-14,16H2,1-5H3,(H,30,31). The summed E-state index contributed by atoms with van der Waals surface area (Å²) in [6, 6.07) is 8.34. The Bertz CT molecular complexity index is 1130. The molecule has 0 bridgehead atoms. The molecule has 1 aliphatic heterocycles. The smallest absolute Gasteiger partial charge is 0.407 e. The van der Waals surface area contributed by atoms with Crippen LogP contribution in [0.15, 0.2) is 30.5 Å². The first-order valence-corrected chi connectivity index (χ1v) is 11.3. The quantitative estimate of drug-likeness (QED) is 0.630. The van der Waals surface area contributed by atoms with E-state index in [9.17, 15) is 9.90 Å². The Morgan fingerprint density at radius 2 is 1.97 bits per heavy atom. The van der Waals surface area contributed by atoms with E-state index in [1.54, 1.807) is 12.0 Å². The molecule has 7 heteroatoms. The number of fused-ring (bicyclic) bond motifs is 3. The van der Waals surface area contributed by atoms with E-state index in [-0.39, 0.29) is 11.5 Å². The lowest BCUT2D eigenvalue weighted by atomic mass is 9.84. The zero-order chi connectivity index (χ0) is 23.0. The number of benzene rings is 1. The number of hydrogen-bond acceptors (Lipinski definition) is 4. The molecule has 1 atom stereocenters. The summed E-state index contributed by atoms with van der Waals surface area (Å²) in [5.74, 6) is 0.852. The van der Waals surface area contributed by atoms with Gasteiger partial charge >= 0.3 is 6.09 Å². The highest BCUT2D eigenvalue weighted by Gasteiger charge is 2.37. The van der Waals surface area contributed by atoms with Crippen molar-refractivity contribution in [1.29, 1.82) is 0 Å². The van der Waals surface area contributed by atoms with Crippen LogP contribution >= 0.6 is 0 Å². The van der Waals surface area contributed by atoms with Crippen LogP contribution in [-0.2, 0) is 6.54 Å². The van der Waals surface area contributed by atoms with Crippen LogP contribution in [0.1, 0.15) is 32.9 Å². The second kappa shape index (κ2) is 8.62. The molecule has 3 aromatic rings. The van der Waals surface area contributed by atoms with E-state index in [1.165, 1.54) is 21.8 Å². The lowest BCUT2D eigenvalue weighted by molar-refractivity contribution is 0.0211. The van der Waals surface area contributed by atoms with Crippen LogP contribution in [-0.4, -0.2) is 69.9 Å². The lowest BCUT2D eigenvalue weighted by Crippen LogP contribution is -2.59. The van der Waals surface area contributed by atoms with Crippen molar-refractivity contribution in [2.75, 3.05) is 33.3 Å². The number of carboxylic acid groups (broad SMARTS) is 1. The summed E-state index contributed by atoms with van der Waals surface area (Å²) in [6.07, 6.45) is 2.04. The molecule has 3 heterocycles. The van der Waals surface area contributed by atoms with Crippen molar-refractivity contribution in [3.63, 3.8) is 0 Å². The van der Waals surface area contributed by atoms with Gasteiger partial charge in [-0.2, -0.15) is 0 Å². The topological polar surface area (TPSA) is 70.8 Å². The van der Waals surface area contributed by atoms with Gasteiger partial charge in [0.25, 0.3) is 0 Å². The molecule has 2 aromatic heterocycles. The number of aryl methyl sites for hydroxylation is 2. The number of carbonyl (C=O) groups is 1. The molecule has 0 spiro atoms. The molecule has 1 aromatic carbocycles. The molecule has 1 aliphatic rings. The fraction of sp³-hybridized carbons (Fsp3) is 0.520. The molecule has 1 unspecified atom stereocenters. The average Bonchev–Trinajstić information content (AvgIpc) is 3.07. The van der Waals surface area contributed by atoms with Gasteiger partial charge in [-0.25, -0.2) is 4.79 Å². The number of rotatable bonds is 5. The fourth-order valence-corrected chi connectivity index (χ4v) is 5.02. The molecule has 1 amide bonds. The number of methoxy groups -OCH3 is 1. The van der Waals surface area contributed by atoms with E-state index in [0.29, 0.717) is 6.54 Å². The van der Waals surface area contributed by atoms with Crippen LogP contribution in [0.2, 0.25) is 0 Å². The SMILES string of the molecule is COc1ccc2c3ccnc(C)c3n(CCCN3CCN(C(=O)O)C(C(C)(C)C)C3)c2c1. The zero-order valence-corrected chi connectivity index (χ0v) is 19.8. The molecule has 0 saturated carbocycles. The summed E-state index contributed by atoms with van der Waals surface area (Å²) in [7, 11) is 1.70. The molecule has 1 fully saturated rings. The fourth-order valence-electron chi connectivity index (χ4n) is 5.02. The molecule has 0 radical (unpaired) electrons. The van der Waals surface area contributed by atoms with Crippen LogP contribution < -0.4 is 4.74 Å². The number of amides is 1. The van der Waals surface area contributed by atoms with Crippen molar-refractivity contribution in [3.8, 4) is 5.75 Å². The van der Waals surface area contributed by atoms with Crippen LogP contribution in [0, 0.1) is 12.3 Å². The first kappa shape index (κ1) is 22.4. The van der Waals surface area contributed by atoms with Gasteiger partial charge in [0.1, 0.15) is 5.75 Å². The molecule has 172 valence electrons. The molecule has 4 rings (SSSR count). The molecular weight excluding hydrogens is 404 g/mol.